The van der Waals surface area contributed by atoms with Crippen LogP contribution in [0.25, 0.3) is 0 Å². The molecule has 1 rings (SSSR count). The molecule has 0 aliphatic heterocycles. The lowest BCUT2D eigenvalue weighted by atomic mass is 10.2. The molecule has 0 spiro atoms. The summed E-state index contributed by atoms with van der Waals surface area (Å²) >= 11 is 5.79. The van der Waals surface area contributed by atoms with Crippen molar-refractivity contribution < 1.29 is 8.42 Å². The molecule has 0 atom stereocenters. The quantitative estimate of drug-likeness (QED) is 0.768. The van der Waals surface area contributed by atoms with E-state index in [1.807, 2.05) is 13.0 Å². The molecule has 0 bridgehead atoms. The Morgan fingerprint density at radius 1 is 1.39 bits per heavy atom. The molecule has 0 amide bonds. The van der Waals surface area contributed by atoms with E-state index in [2.05, 4.69) is 10.0 Å². The highest BCUT2D eigenvalue weighted by Crippen LogP contribution is 2.19. The van der Waals surface area contributed by atoms with Crippen LogP contribution in [0.5, 0.6) is 0 Å². The van der Waals surface area contributed by atoms with Gasteiger partial charge in [-0.25, -0.2) is 13.1 Å². The van der Waals surface area contributed by atoms with Gasteiger partial charge in [0.05, 0.1) is 15.5 Å². The van der Waals surface area contributed by atoms with E-state index in [9.17, 15) is 8.42 Å². The predicted octanol–water partition coefficient (Wildman–Crippen LogP) is 1.10. The van der Waals surface area contributed by atoms with Crippen LogP contribution in [-0.4, -0.2) is 28.1 Å². The summed E-state index contributed by atoms with van der Waals surface area (Å²) in [6, 6.07) is 5.90. The standard InChI is InChI=1S/C11H14ClN3O2S/c1-2-14-5-6-15-18(16,17)10-4-3-9(8-13)11(12)7-10/h3-4,7,14-15H,2,5-6H2,1H3. The van der Waals surface area contributed by atoms with Crippen molar-refractivity contribution in [2.24, 2.45) is 0 Å². The Bertz CT molecular complexity index is 552. The van der Waals surface area contributed by atoms with Gasteiger partial charge in [0.2, 0.25) is 10.0 Å². The number of rotatable bonds is 6. The Hall–Kier alpha value is -1.13. The van der Waals surface area contributed by atoms with E-state index < -0.39 is 10.0 Å². The van der Waals surface area contributed by atoms with Crippen LogP contribution in [0.15, 0.2) is 23.1 Å². The molecule has 0 unspecified atom stereocenters. The van der Waals surface area contributed by atoms with Gasteiger partial charge in [-0.05, 0) is 24.7 Å². The van der Waals surface area contributed by atoms with Gasteiger partial charge in [0.15, 0.2) is 0 Å². The lowest BCUT2D eigenvalue weighted by molar-refractivity contribution is 0.577. The van der Waals surface area contributed by atoms with Gasteiger partial charge >= 0.3 is 0 Å². The average Bonchev–Trinajstić information content (AvgIpc) is 2.34. The smallest absolute Gasteiger partial charge is 0.240 e. The van der Waals surface area contributed by atoms with Gasteiger partial charge in [0.1, 0.15) is 6.07 Å². The van der Waals surface area contributed by atoms with Gasteiger partial charge < -0.3 is 5.32 Å². The molecular weight excluding hydrogens is 274 g/mol. The zero-order chi connectivity index (χ0) is 13.6. The van der Waals surface area contributed by atoms with E-state index in [-0.39, 0.29) is 15.5 Å². The van der Waals surface area contributed by atoms with E-state index in [0.29, 0.717) is 13.1 Å². The van der Waals surface area contributed by atoms with Gasteiger partial charge in [0, 0.05) is 13.1 Å². The Morgan fingerprint density at radius 2 is 2.11 bits per heavy atom. The molecule has 0 radical (unpaired) electrons. The molecule has 5 nitrogen and oxygen atoms in total. The summed E-state index contributed by atoms with van der Waals surface area (Å²) in [5.41, 5.74) is 0.253. The van der Waals surface area contributed by atoms with E-state index in [0.717, 1.165) is 6.54 Å². The SMILES string of the molecule is CCNCCNS(=O)(=O)c1ccc(C#N)c(Cl)c1. The summed E-state index contributed by atoms with van der Waals surface area (Å²) in [5, 5.41) is 11.8. The molecule has 98 valence electrons. The van der Waals surface area contributed by atoms with E-state index in [1.54, 1.807) is 0 Å². The van der Waals surface area contributed by atoms with E-state index in [1.165, 1.54) is 18.2 Å². The number of benzene rings is 1. The number of hydrogen-bond donors (Lipinski definition) is 2. The Balaban J connectivity index is 2.80. The Kier molecular flexibility index (Phi) is 5.56. The minimum atomic E-state index is -3.57. The van der Waals surface area contributed by atoms with Gasteiger partial charge in [-0.15, -0.1) is 0 Å². The molecular formula is C11H14ClN3O2S. The highest BCUT2D eigenvalue weighted by molar-refractivity contribution is 7.89. The van der Waals surface area contributed by atoms with Crippen molar-refractivity contribution in [1.29, 1.82) is 5.26 Å². The molecule has 18 heavy (non-hydrogen) atoms. The third-order valence-electron chi connectivity index (χ3n) is 2.22. The van der Waals surface area contributed by atoms with Crippen molar-refractivity contribution in [2.75, 3.05) is 19.6 Å². The summed E-state index contributed by atoms with van der Waals surface area (Å²) in [6.07, 6.45) is 0. The summed E-state index contributed by atoms with van der Waals surface area (Å²) < 4.78 is 26.2. The van der Waals surface area contributed by atoms with Crippen LogP contribution in [0.3, 0.4) is 0 Å². The fourth-order valence-electron chi connectivity index (χ4n) is 1.29. The second-order valence-electron chi connectivity index (χ2n) is 3.50. The van der Waals surface area contributed by atoms with Gasteiger partial charge in [-0.3, -0.25) is 0 Å². The second-order valence-corrected chi connectivity index (χ2v) is 5.68. The van der Waals surface area contributed by atoms with Gasteiger partial charge in [-0.2, -0.15) is 5.26 Å². The molecule has 1 aromatic rings. The van der Waals surface area contributed by atoms with Crippen LogP contribution in [0.1, 0.15) is 12.5 Å². The molecule has 0 heterocycles. The minimum absolute atomic E-state index is 0.0583. The third-order valence-corrected chi connectivity index (χ3v) is 3.99. The summed E-state index contributed by atoms with van der Waals surface area (Å²) in [4.78, 5) is 0.0583. The van der Waals surface area contributed by atoms with Crippen molar-refractivity contribution in [3.63, 3.8) is 0 Å². The first-order chi connectivity index (χ1) is 8.51. The summed E-state index contributed by atoms with van der Waals surface area (Å²) in [6.45, 7) is 3.58. The van der Waals surface area contributed by atoms with Crippen LogP contribution >= 0.6 is 11.6 Å². The van der Waals surface area contributed by atoms with E-state index >= 15 is 0 Å². The van der Waals surface area contributed by atoms with Gasteiger partial charge in [0.25, 0.3) is 0 Å². The largest absolute Gasteiger partial charge is 0.316 e. The van der Waals surface area contributed by atoms with Crippen molar-refractivity contribution in [2.45, 2.75) is 11.8 Å². The first kappa shape index (κ1) is 14.9. The van der Waals surface area contributed by atoms with Gasteiger partial charge in [-0.1, -0.05) is 18.5 Å². The van der Waals surface area contributed by atoms with Crippen molar-refractivity contribution in [3.05, 3.63) is 28.8 Å². The molecule has 0 saturated carbocycles. The molecule has 0 aliphatic rings. The van der Waals surface area contributed by atoms with Crippen LogP contribution in [0, 0.1) is 11.3 Å². The molecule has 7 heteroatoms. The number of hydrogen-bond acceptors (Lipinski definition) is 4. The zero-order valence-electron chi connectivity index (χ0n) is 9.90. The highest BCUT2D eigenvalue weighted by atomic mass is 35.5. The number of likely N-dealkylation sites (N-methyl/N-ethyl adjacent to an activating group) is 1. The van der Waals surface area contributed by atoms with Crippen LogP contribution in [0.2, 0.25) is 5.02 Å². The Labute approximate surface area is 112 Å². The maximum Gasteiger partial charge on any atom is 0.240 e. The third kappa shape index (κ3) is 3.96. The average molecular weight is 288 g/mol. The fraction of sp³-hybridized carbons (Fsp3) is 0.364. The highest BCUT2D eigenvalue weighted by Gasteiger charge is 2.14. The maximum atomic E-state index is 11.9. The van der Waals surface area contributed by atoms with Crippen molar-refractivity contribution in [3.8, 4) is 6.07 Å². The summed E-state index contributed by atoms with van der Waals surface area (Å²) in [7, 11) is -3.57. The van der Waals surface area contributed by atoms with Crippen molar-refractivity contribution in [1.82, 2.24) is 10.0 Å². The number of halogens is 1. The molecule has 0 aromatic heterocycles. The Morgan fingerprint density at radius 3 is 2.67 bits per heavy atom. The van der Waals surface area contributed by atoms with Crippen LogP contribution in [0.4, 0.5) is 0 Å². The first-order valence-corrected chi connectivity index (χ1v) is 7.27. The minimum Gasteiger partial charge on any atom is -0.316 e. The number of nitrogens with zero attached hydrogens (tertiary/aromatic N) is 1. The lowest BCUT2D eigenvalue weighted by Gasteiger charge is -2.07. The predicted molar refractivity (Wildman–Crippen MR) is 69.9 cm³/mol. The zero-order valence-corrected chi connectivity index (χ0v) is 11.5. The molecule has 0 aliphatic carbocycles. The van der Waals surface area contributed by atoms with E-state index in [4.69, 9.17) is 16.9 Å². The monoisotopic (exact) mass is 287 g/mol. The molecule has 0 fully saturated rings. The van der Waals surface area contributed by atoms with Crippen molar-refractivity contribution >= 4 is 21.6 Å². The second kappa shape index (κ2) is 6.71. The summed E-state index contributed by atoms with van der Waals surface area (Å²) in [5.74, 6) is 0. The maximum absolute atomic E-state index is 11.9. The normalized spacial score (nSPS) is 11.2. The number of sulfonamides is 1. The molecule has 0 saturated heterocycles. The topological polar surface area (TPSA) is 82.0 Å². The lowest BCUT2D eigenvalue weighted by Crippen LogP contribution is -2.31. The number of nitrogens with one attached hydrogen (secondary N) is 2. The van der Waals surface area contributed by atoms with Crippen LogP contribution < -0.4 is 10.0 Å². The first-order valence-electron chi connectivity index (χ1n) is 5.41. The fourth-order valence-corrected chi connectivity index (χ4v) is 2.63. The van der Waals surface area contributed by atoms with Crippen LogP contribution in [-0.2, 0) is 10.0 Å². The molecule has 1 aromatic carbocycles. The molecule has 2 N–H and O–H groups in total. The number of nitriles is 1.